The summed E-state index contributed by atoms with van der Waals surface area (Å²) in [6.45, 7) is 1.51. The molecule has 4 aromatic rings. The molecule has 1 aliphatic rings. The molecule has 0 radical (unpaired) electrons. The van der Waals surface area contributed by atoms with Crippen LogP contribution in [-0.4, -0.2) is 44.5 Å². The Labute approximate surface area is 182 Å². The minimum atomic E-state index is -0.544. The predicted octanol–water partition coefficient (Wildman–Crippen LogP) is 2.04. The van der Waals surface area contributed by atoms with E-state index in [-0.39, 0.29) is 22.9 Å². The van der Waals surface area contributed by atoms with Crippen LogP contribution in [0.3, 0.4) is 0 Å². The zero-order valence-corrected chi connectivity index (χ0v) is 17.4. The molecule has 1 saturated heterocycles. The lowest BCUT2D eigenvalue weighted by molar-refractivity contribution is 0.362. The van der Waals surface area contributed by atoms with Crippen LogP contribution in [0.4, 0.5) is 0 Å². The van der Waals surface area contributed by atoms with Gasteiger partial charge in [0.05, 0.1) is 23.7 Å². The molecular weight excluding hydrogens is 412 g/mol. The number of fused-ring (bicyclic) bond motifs is 3. The van der Waals surface area contributed by atoms with E-state index in [1.165, 1.54) is 24.4 Å². The molecule has 1 aliphatic heterocycles. The number of phenols is 2. The Balaban J connectivity index is 1.94. The zero-order valence-electron chi connectivity index (χ0n) is 17.4. The molecule has 0 unspecified atom stereocenters. The SMILES string of the molecule is COc1cccc2c1ncc1c(=O)n(-c3ccc(O)c(O)c3)c(=O)n(C3CCNCC3)c12. The fraction of sp³-hybridized carbons (Fsp3) is 0.261. The van der Waals surface area contributed by atoms with Crippen LogP contribution >= 0.6 is 0 Å². The summed E-state index contributed by atoms with van der Waals surface area (Å²) < 4.78 is 8.14. The number of phenolic OH excluding ortho intramolecular Hbond substituents is 2. The topological polar surface area (TPSA) is 119 Å². The zero-order chi connectivity index (χ0) is 22.4. The number of ether oxygens (including phenoxy) is 1. The van der Waals surface area contributed by atoms with E-state index in [0.717, 1.165) is 30.5 Å². The molecule has 0 saturated carbocycles. The van der Waals surface area contributed by atoms with Crippen LogP contribution in [0.25, 0.3) is 27.5 Å². The Hall–Kier alpha value is -3.85. The first-order chi connectivity index (χ1) is 15.5. The number of benzene rings is 2. The first-order valence-electron chi connectivity index (χ1n) is 10.4. The number of nitrogens with zero attached hydrogens (tertiary/aromatic N) is 3. The summed E-state index contributed by atoms with van der Waals surface area (Å²) in [4.78, 5) is 31.8. The van der Waals surface area contributed by atoms with E-state index in [4.69, 9.17) is 4.74 Å². The highest BCUT2D eigenvalue weighted by Gasteiger charge is 2.25. The van der Waals surface area contributed by atoms with Gasteiger partial charge < -0.3 is 20.3 Å². The second-order valence-corrected chi connectivity index (χ2v) is 7.82. The summed E-state index contributed by atoms with van der Waals surface area (Å²) in [5, 5.41) is 23.9. The molecule has 0 atom stereocenters. The van der Waals surface area contributed by atoms with Crippen LogP contribution in [0.15, 0.2) is 52.2 Å². The normalized spacial score (nSPS) is 14.8. The molecule has 1 fully saturated rings. The second kappa shape index (κ2) is 7.69. The Morgan fingerprint density at radius 2 is 1.84 bits per heavy atom. The van der Waals surface area contributed by atoms with E-state index in [0.29, 0.717) is 22.2 Å². The third-order valence-electron chi connectivity index (χ3n) is 6.01. The number of methoxy groups -OCH3 is 1. The van der Waals surface area contributed by atoms with Gasteiger partial charge in [-0.3, -0.25) is 14.3 Å². The smallest absolute Gasteiger partial charge is 0.336 e. The van der Waals surface area contributed by atoms with Gasteiger partial charge in [-0.2, -0.15) is 0 Å². The Morgan fingerprint density at radius 1 is 1.06 bits per heavy atom. The number of nitrogens with one attached hydrogen (secondary N) is 1. The minimum absolute atomic E-state index is 0.124. The summed E-state index contributed by atoms with van der Waals surface area (Å²) in [5.74, 6) is -0.189. The molecular formula is C23H22N4O5. The molecule has 9 heteroatoms. The number of hydrogen-bond donors (Lipinski definition) is 3. The quantitative estimate of drug-likeness (QED) is 0.334. The van der Waals surface area contributed by atoms with Gasteiger partial charge in [0.15, 0.2) is 11.5 Å². The van der Waals surface area contributed by atoms with Crippen molar-refractivity contribution >= 4 is 21.8 Å². The Morgan fingerprint density at radius 3 is 2.56 bits per heavy atom. The standard InChI is InChI=1S/C23H22N4O5/c1-32-19-4-2-3-15-20(19)25-12-16-21(15)26(13-7-9-24-10-8-13)23(31)27(22(16)30)14-5-6-17(28)18(29)11-14/h2-6,11-13,24,28-29H,7-10H2,1H3. The maximum atomic E-state index is 13.8. The molecule has 9 nitrogen and oxygen atoms in total. The van der Waals surface area contributed by atoms with Gasteiger partial charge in [0.2, 0.25) is 0 Å². The molecule has 5 rings (SSSR count). The summed E-state index contributed by atoms with van der Waals surface area (Å²) in [6.07, 6.45) is 2.92. The molecule has 0 amide bonds. The maximum absolute atomic E-state index is 13.8. The third kappa shape index (κ3) is 3.01. The molecule has 3 heterocycles. The lowest BCUT2D eigenvalue weighted by Gasteiger charge is -2.27. The van der Waals surface area contributed by atoms with Gasteiger partial charge in [0.25, 0.3) is 5.56 Å². The number of aromatic nitrogens is 3. The first-order valence-corrected chi connectivity index (χ1v) is 10.4. The van der Waals surface area contributed by atoms with Crippen molar-refractivity contribution in [1.29, 1.82) is 0 Å². The van der Waals surface area contributed by atoms with E-state index in [9.17, 15) is 19.8 Å². The highest BCUT2D eigenvalue weighted by Crippen LogP contribution is 2.31. The van der Waals surface area contributed by atoms with Gasteiger partial charge in [-0.05, 0) is 44.1 Å². The summed E-state index contributed by atoms with van der Waals surface area (Å²) in [6, 6.07) is 9.18. The summed E-state index contributed by atoms with van der Waals surface area (Å²) in [5.41, 5.74) is 0.219. The number of piperidine rings is 1. The Kier molecular flexibility index (Phi) is 4.82. The van der Waals surface area contributed by atoms with Gasteiger partial charge in [0, 0.05) is 23.7 Å². The van der Waals surface area contributed by atoms with Crippen LogP contribution in [0.5, 0.6) is 17.2 Å². The van der Waals surface area contributed by atoms with E-state index in [1.807, 2.05) is 12.1 Å². The minimum Gasteiger partial charge on any atom is -0.504 e. The van der Waals surface area contributed by atoms with Crippen molar-refractivity contribution in [2.75, 3.05) is 20.2 Å². The van der Waals surface area contributed by atoms with Crippen LogP contribution in [0, 0.1) is 0 Å². The number of para-hydroxylation sites is 1. The van der Waals surface area contributed by atoms with E-state index < -0.39 is 17.0 Å². The highest BCUT2D eigenvalue weighted by molar-refractivity contribution is 6.05. The number of pyridine rings is 1. The van der Waals surface area contributed by atoms with Gasteiger partial charge in [-0.25, -0.2) is 9.36 Å². The maximum Gasteiger partial charge on any atom is 0.336 e. The molecule has 0 aliphatic carbocycles. The molecule has 0 bridgehead atoms. The third-order valence-corrected chi connectivity index (χ3v) is 6.01. The fourth-order valence-electron chi connectivity index (χ4n) is 4.46. The summed E-state index contributed by atoms with van der Waals surface area (Å²) >= 11 is 0. The lowest BCUT2D eigenvalue weighted by Crippen LogP contribution is -2.43. The molecule has 32 heavy (non-hydrogen) atoms. The van der Waals surface area contributed by atoms with Gasteiger partial charge in [-0.15, -0.1) is 0 Å². The predicted molar refractivity (Wildman–Crippen MR) is 120 cm³/mol. The van der Waals surface area contributed by atoms with Crippen molar-refractivity contribution in [2.24, 2.45) is 0 Å². The van der Waals surface area contributed by atoms with Crippen LogP contribution < -0.4 is 21.3 Å². The second-order valence-electron chi connectivity index (χ2n) is 7.82. The molecule has 3 N–H and O–H groups in total. The van der Waals surface area contributed by atoms with Crippen molar-refractivity contribution < 1.29 is 14.9 Å². The molecule has 2 aromatic carbocycles. The average molecular weight is 434 g/mol. The lowest BCUT2D eigenvalue weighted by atomic mass is 10.0. The van der Waals surface area contributed by atoms with Gasteiger partial charge in [-0.1, -0.05) is 12.1 Å². The van der Waals surface area contributed by atoms with Crippen molar-refractivity contribution in [3.8, 4) is 22.9 Å². The van der Waals surface area contributed by atoms with E-state index in [1.54, 1.807) is 17.7 Å². The number of rotatable bonds is 3. The highest BCUT2D eigenvalue weighted by atomic mass is 16.5. The van der Waals surface area contributed by atoms with Crippen molar-refractivity contribution in [2.45, 2.75) is 18.9 Å². The molecule has 164 valence electrons. The van der Waals surface area contributed by atoms with E-state index in [2.05, 4.69) is 10.3 Å². The first kappa shape index (κ1) is 20.1. The van der Waals surface area contributed by atoms with Crippen molar-refractivity contribution in [3.05, 3.63) is 63.4 Å². The summed E-state index contributed by atoms with van der Waals surface area (Å²) in [7, 11) is 1.55. The van der Waals surface area contributed by atoms with Crippen LogP contribution in [-0.2, 0) is 0 Å². The van der Waals surface area contributed by atoms with E-state index >= 15 is 0 Å². The van der Waals surface area contributed by atoms with Crippen LogP contribution in [0.1, 0.15) is 18.9 Å². The fourth-order valence-corrected chi connectivity index (χ4v) is 4.46. The average Bonchev–Trinajstić information content (AvgIpc) is 2.81. The number of hydrogen-bond acceptors (Lipinski definition) is 7. The van der Waals surface area contributed by atoms with Gasteiger partial charge in [0.1, 0.15) is 11.3 Å². The molecule has 0 spiro atoms. The number of aromatic hydroxyl groups is 2. The van der Waals surface area contributed by atoms with Crippen molar-refractivity contribution in [1.82, 2.24) is 19.4 Å². The van der Waals surface area contributed by atoms with Gasteiger partial charge >= 0.3 is 5.69 Å². The largest absolute Gasteiger partial charge is 0.504 e. The van der Waals surface area contributed by atoms with Crippen LogP contribution in [0.2, 0.25) is 0 Å². The monoisotopic (exact) mass is 434 g/mol. The Bertz CT molecular complexity index is 1470. The van der Waals surface area contributed by atoms with Crippen molar-refractivity contribution in [3.63, 3.8) is 0 Å². The molecule has 2 aromatic heterocycles.